The Balaban J connectivity index is 1.57. The summed E-state index contributed by atoms with van der Waals surface area (Å²) in [6, 6.07) is 21.5. The van der Waals surface area contributed by atoms with Crippen LogP contribution in [0.15, 0.2) is 71.6 Å². The molecule has 0 saturated heterocycles. The summed E-state index contributed by atoms with van der Waals surface area (Å²) in [6.07, 6.45) is 0.308. The van der Waals surface area contributed by atoms with Crippen molar-refractivity contribution in [3.63, 3.8) is 0 Å². The van der Waals surface area contributed by atoms with E-state index in [4.69, 9.17) is 4.74 Å². The van der Waals surface area contributed by atoms with Gasteiger partial charge in [-0.1, -0.05) is 30.3 Å². The minimum Gasteiger partial charge on any atom is -0.497 e. The zero-order valence-corrected chi connectivity index (χ0v) is 19.2. The molecule has 0 fully saturated rings. The van der Waals surface area contributed by atoms with Crippen LogP contribution in [-0.4, -0.2) is 25.5 Å². The Bertz CT molecular complexity index is 1120. The molecule has 1 aliphatic rings. The molecule has 1 heterocycles. The molecule has 164 valence electrons. The van der Waals surface area contributed by atoms with Crippen molar-refractivity contribution in [2.75, 3.05) is 23.9 Å². The summed E-state index contributed by atoms with van der Waals surface area (Å²) >= 11 is 1.65. The molecule has 3 aromatic carbocycles. The van der Waals surface area contributed by atoms with Crippen molar-refractivity contribution in [1.29, 1.82) is 0 Å². The van der Waals surface area contributed by atoms with Crippen LogP contribution in [0.3, 0.4) is 0 Å². The quantitative estimate of drug-likeness (QED) is 0.561. The van der Waals surface area contributed by atoms with Crippen LogP contribution in [0.2, 0.25) is 0 Å². The molecule has 32 heavy (non-hydrogen) atoms. The van der Waals surface area contributed by atoms with Crippen LogP contribution in [-0.2, 0) is 9.59 Å². The maximum Gasteiger partial charge on any atom is 0.244 e. The standard InChI is InChI=1S/C26H26N2O3S/c1-17-12-18(2)14-20(13-17)27-25(29)16-28-22-6-4-5-7-23(22)32-24(15-26(28)30)19-8-10-21(31-3)11-9-19/h4-14,24H,15-16H2,1-3H3,(H,27,29)/t24-/m1/s1. The Hall–Kier alpha value is -3.25. The maximum atomic E-state index is 13.3. The highest BCUT2D eigenvalue weighted by Crippen LogP contribution is 2.45. The second kappa shape index (κ2) is 9.49. The number of hydrogen-bond acceptors (Lipinski definition) is 4. The largest absolute Gasteiger partial charge is 0.497 e. The number of benzene rings is 3. The summed E-state index contributed by atoms with van der Waals surface area (Å²) in [5.41, 5.74) is 4.73. The first-order valence-corrected chi connectivity index (χ1v) is 11.4. The fraction of sp³-hybridized carbons (Fsp3) is 0.231. The number of aryl methyl sites for hydroxylation is 2. The van der Waals surface area contributed by atoms with E-state index >= 15 is 0 Å². The topological polar surface area (TPSA) is 58.6 Å². The van der Waals surface area contributed by atoms with E-state index in [2.05, 4.69) is 11.4 Å². The van der Waals surface area contributed by atoms with Gasteiger partial charge >= 0.3 is 0 Å². The second-order valence-electron chi connectivity index (χ2n) is 7.96. The molecule has 2 amide bonds. The van der Waals surface area contributed by atoms with Crippen LogP contribution in [0.1, 0.15) is 28.4 Å². The van der Waals surface area contributed by atoms with Crippen LogP contribution >= 0.6 is 11.8 Å². The molecule has 0 bridgehead atoms. The molecule has 6 heteroatoms. The van der Waals surface area contributed by atoms with Crippen molar-refractivity contribution in [2.45, 2.75) is 30.4 Å². The molecule has 3 aromatic rings. The lowest BCUT2D eigenvalue weighted by atomic mass is 10.1. The summed E-state index contributed by atoms with van der Waals surface area (Å²) in [5, 5.41) is 2.90. The first kappa shape index (κ1) is 22.0. The number of amides is 2. The predicted octanol–water partition coefficient (Wildman–Crippen LogP) is 5.52. The number of nitrogens with zero attached hydrogens (tertiary/aromatic N) is 1. The van der Waals surface area contributed by atoms with Gasteiger partial charge in [0, 0.05) is 22.3 Å². The lowest BCUT2D eigenvalue weighted by Gasteiger charge is -2.22. The smallest absolute Gasteiger partial charge is 0.244 e. The highest BCUT2D eigenvalue weighted by atomic mass is 32.2. The average Bonchev–Trinajstić information content (AvgIpc) is 2.90. The summed E-state index contributed by atoms with van der Waals surface area (Å²) < 4.78 is 5.26. The van der Waals surface area contributed by atoms with Crippen LogP contribution in [0.5, 0.6) is 5.75 Å². The van der Waals surface area contributed by atoms with Crippen molar-refractivity contribution >= 4 is 35.0 Å². The van der Waals surface area contributed by atoms with Gasteiger partial charge in [-0.3, -0.25) is 9.59 Å². The van der Waals surface area contributed by atoms with Crippen molar-refractivity contribution in [2.24, 2.45) is 0 Å². The van der Waals surface area contributed by atoms with Crippen molar-refractivity contribution < 1.29 is 14.3 Å². The molecule has 1 N–H and O–H groups in total. The van der Waals surface area contributed by atoms with Gasteiger partial charge in [-0.25, -0.2) is 0 Å². The molecular formula is C26H26N2O3S. The Morgan fingerprint density at radius 1 is 1.06 bits per heavy atom. The number of methoxy groups -OCH3 is 1. The van der Waals surface area contributed by atoms with E-state index in [-0.39, 0.29) is 23.6 Å². The van der Waals surface area contributed by atoms with E-state index in [0.717, 1.165) is 38.7 Å². The van der Waals surface area contributed by atoms with Gasteiger partial charge in [-0.05, 0) is 66.9 Å². The average molecular weight is 447 g/mol. The van der Waals surface area contributed by atoms with Crippen molar-refractivity contribution in [1.82, 2.24) is 0 Å². The number of fused-ring (bicyclic) bond motifs is 1. The lowest BCUT2D eigenvalue weighted by Crippen LogP contribution is -2.38. The second-order valence-corrected chi connectivity index (χ2v) is 9.20. The van der Waals surface area contributed by atoms with Gasteiger partial charge in [0.1, 0.15) is 12.3 Å². The van der Waals surface area contributed by atoms with E-state index < -0.39 is 0 Å². The maximum absolute atomic E-state index is 13.3. The third kappa shape index (κ3) is 4.97. The first-order valence-electron chi connectivity index (χ1n) is 10.5. The van der Waals surface area contributed by atoms with E-state index in [1.165, 1.54) is 0 Å². The number of thioether (sulfide) groups is 1. The number of rotatable bonds is 5. The number of carbonyl (C=O) groups is 2. The molecule has 0 saturated carbocycles. The molecule has 0 spiro atoms. The summed E-state index contributed by atoms with van der Waals surface area (Å²) in [4.78, 5) is 28.7. The SMILES string of the molecule is COc1ccc([C@H]2CC(=O)N(CC(=O)Nc3cc(C)cc(C)c3)c3ccccc3S2)cc1. The molecule has 0 radical (unpaired) electrons. The molecule has 0 unspecified atom stereocenters. The molecule has 0 aromatic heterocycles. The van der Waals surface area contributed by atoms with Gasteiger partial charge in [-0.2, -0.15) is 0 Å². The van der Waals surface area contributed by atoms with E-state index in [1.807, 2.05) is 74.5 Å². The van der Waals surface area contributed by atoms with Crippen LogP contribution < -0.4 is 15.0 Å². The predicted molar refractivity (Wildman–Crippen MR) is 130 cm³/mol. The highest BCUT2D eigenvalue weighted by Gasteiger charge is 2.30. The third-order valence-corrected chi connectivity index (χ3v) is 6.70. The van der Waals surface area contributed by atoms with Gasteiger partial charge in [0.2, 0.25) is 11.8 Å². The Morgan fingerprint density at radius 3 is 2.44 bits per heavy atom. The molecule has 4 rings (SSSR count). The normalized spacial score (nSPS) is 15.7. The summed E-state index contributed by atoms with van der Waals surface area (Å²) in [7, 11) is 1.64. The third-order valence-electron chi connectivity index (χ3n) is 5.38. The van der Waals surface area contributed by atoms with E-state index in [0.29, 0.717) is 6.42 Å². The number of nitrogens with one attached hydrogen (secondary N) is 1. The minimum absolute atomic E-state index is 0.0290. The van der Waals surface area contributed by atoms with Crippen LogP contribution in [0.4, 0.5) is 11.4 Å². The fourth-order valence-electron chi connectivity index (χ4n) is 3.95. The first-order chi connectivity index (χ1) is 15.4. The number of ether oxygens (including phenoxy) is 1. The highest BCUT2D eigenvalue weighted by molar-refractivity contribution is 7.99. The zero-order chi connectivity index (χ0) is 22.7. The Kier molecular flexibility index (Phi) is 6.51. The molecule has 1 aliphatic heterocycles. The van der Waals surface area contributed by atoms with Crippen molar-refractivity contribution in [3.05, 3.63) is 83.4 Å². The monoisotopic (exact) mass is 446 g/mol. The Labute approximate surface area is 192 Å². The molecule has 0 aliphatic carbocycles. The lowest BCUT2D eigenvalue weighted by molar-refractivity contribution is -0.121. The minimum atomic E-state index is -0.217. The van der Waals surface area contributed by atoms with Gasteiger partial charge in [0.15, 0.2) is 0 Å². The summed E-state index contributed by atoms with van der Waals surface area (Å²) in [6.45, 7) is 3.96. The van der Waals surface area contributed by atoms with Gasteiger partial charge in [0.25, 0.3) is 0 Å². The van der Waals surface area contributed by atoms with Crippen LogP contribution in [0, 0.1) is 13.8 Å². The van der Waals surface area contributed by atoms with E-state index in [1.54, 1.807) is 23.8 Å². The van der Waals surface area contributed by atoms with Crippen LogP contribution in [0.25, 0.3) is 0 Å². The van der Waals surface area contributed by atoms with Gasteiger partial charge in [-0.15, -0.1) is 11.8 Å². The number of para-hydroxylation sites is 1. The fourth-order valence-corrected chi connectivity index (χ4v) is 5.23. The summed E-state index contributed by atoms with van der Waals surface area (Å²) in [5.74, 6) is 0.494. The zero-order valence-electron chi connectivity index (χ0n) is 18.4. The molecule has 1 atom stereocenters. The van der Waals surface area contributed by atoms with Gasteiger partial charge < -0.3 is 15.0 Å². The van der Waals surface area contributed by atoms with E-state index in [9.17, 15) is 9.59 Å². The Morgan fingerprint density at radius 2 is 1.75 bits per heavy atom. The molecule has 5 nitrogen and oxygen atoms in total. The number of anilines is 2. The van der Waals surface area contributed by atoms with Gasteiger partial charge in [0.05, 0.1) is 12.8 Å². The number of carbonyl (C=O) groups excluding carboxylic acids is 2. The molecular weight excluding hydrogens is 420 g/mol. The number of hydrogen-bond donors (Lipinski definition) is 1. The van der Waals surface area contributed by atoms with Crippen molar-refractivity contribution in [3.8, 4) is 5.75 Å².